The summed E-state index contributed by atoms with van der Waals surface area (Å²) in [6, 6.07) is 1.94. The van der Waals surface area contributed by atoms with E-state index in [4.69, 9.17) is 4.74 Å². The SMILES string of the molecule is CCNc1cc(C(F)(F)F)cc(OCC2CC2)n1. The lowest BCUT2D eigenvalue weighted by Gasteiger charge is -2.12. The summed E-state index contributed by atoms with van der Waals surface area (Å²) in [4.78, 5) is 4.00. The second kappa shape index (κ2) is 5.04. The molecule has 1 aromatic rings. The molecule has 0 radical (unpaired) electrons. The molecular formula is C12H15F3N2O. The molecule has 1 saturated carbocycles. The van der Waals surface area contributed by atoms with Gasteiger partial charge in [-0.1, -0.05) is 0 Å². The third-order valence-corrected chi connectivity index (χ3v) is 2.65. The summed E-state index contributed by atoms with van der Waals surface area (Å²) < 4.78 is 43.4. The predicted molar refractivity (Wildman–Crippen MR) is 61.6 cm³/mol. The average molecular weight is 260 g/mol. The maximum Gasteiger partial charge on any atom is 0.416 e. The van der Waals surface area contributed by atoms with Crippen molar-refractivity contribution in [1.29, 1.82) is 0 Å². The molecule has 0 spiro atoms. The first-order valence-corrected chi connectivity index (χ1v) is 5.95. The molecule has 1 heterocycles. The van der Waals surface area contributed by atoms with E-state index in [1.807, 2.05) is 0 Å². The zero-order valence-electron chi connectivity index (χ0n) is 10.0. The van der Waals surface area contributed by atoms with E-state index in [0.29, 0.717) is 19.1 Å². The Bertz CT molecular complexity index is 416. The largest absolute Gasteiger partial charge is 0.477 e. The maximum atomic E-state index is 12.7. The lowest BCUT2D eigenvalue weighted by atomic mass is 10.2. The number of rotatable bonds is 5. The number of hydrogen-bond acceptors (Lipinski definition) is 3. The Morgan fingerprint density at radius 2 is 2.11 bits per heavy atom. The molecule has 6 heteroatoms. The van der Waals surface area contributed by atoms with Crippen molar-refractivity contribution < 1.29 is 17.9 Å². The highest BCUT2D eigenvalue weighted by Gasteiger charge is 2.32. The summed E-state index contributed by atoms with van der Waals surface area (Å²) in [6.45, 7) is 2.75. The fourth-order valence-electron chi connectivity index (χ4n) is 1.50. The first-order valence-electron chi connectivity index (χ1n) is 5.95. The second-order valence-electron chi connectivity index (χ2n) is 4.36. The summed E-state index contributed by atoms with van der Waals surface area (Å²) >= 11 is 0. The number of anilines is 1. The molecule has 0 aliphatic heterocycles. The van der Waals surface area contributed by atoms with Crippen molar-refractivity contribution in [2.45, 2.75) is 25.9 Å². The van der Waals surface area contributed by atoms with Gasteiger partial charge in [0.2, 0.25) is 5.88 Å². The van der Waals surface area contributed by atoms with E-state index < -0.39 is 11.7 Å². The van der Waals surface area contributed by atoms with E-state index in [0.717, 1.165) is 25.0 Å². The van der Waals surface area contributed by atoms with Gasteiger partial charge in [0, 0.05) is 12.6 Å². The van der Waals surface area contributed by atoms with Gasteiger partial charge in [-0.15, -0.1) is 0 Å². The number of nitrogens with zero attached hydrogens (tertiary/aromatic N) is 1. The third-order valence-electron chi connectivity index (χ3n) is 2.65. The van der Waals surface area contributed by atoms with Gasteiger partial charge in [-0.25, -0.2) is 0 Å². The molecule has 0 amide bonds. The predicted octanol–water partition coefficient (Wildman–Crippen LogP) is 3.32. The van der Waals surface area contributed by atoms with Crippen molar-refractivity contribution in [3.05, 3.63) is 17.7 Å². The Balaban J connectivity index is 2.17. The molecule has 1 aromatic heterocycles. The van der Waals surface area contributed by atoms with E-state index in [1.165, 1.54) is 0 Å². The number of nitrogens with one attached hydrogen (secondary N) is 1. The summed E-state index contributed by atoms with van der Waals surface area (Å²) in [5.74, 6) is 0.703. The van der Waals surface area contributed by atoms with Crippen LogP contribution in [0.1, 0.15) is 25.3 Å². The van der Waals surface area contributed by atoms with Crippen LogP contribution in [0.2, 0.25) is 0 Å². The van der Waals surface area contributed by atoms with Gasteiger partial charge in [-0.3, -0.25) is 0 Å². The highest BCUT2D eigenvalue weighted by molar-refractivity contribution is 5.42. The molecule has 3 nitrogen and oxygen atoms in total. The van der Waals surface area contributed by atoms with Crippen LogP contribution in [-0.4, -0.2) is 18.1 Å². The van der Waals surface area contributed by atoms with Crippen LogP contribution < -0.4 is 10.1 Å². The number of pyridine rings is 1. The van der Waals surface area contributed by atoms with Crippen molar-refractivity contribution in [3.8, 4) is 5.88 Å². The van der Waals surface area contributed by atoms with Crippen LogP contribution in [0.3, 0.4) is 0 Å². The van der Waals surface area contributed by atoms with Gasteiger partial charge in [-0.05, 0) is 31.7 Å². The van der Waals surface area contributed by atoms with E-state index in [2.05, 4.69) is 10.3 Å². The summed E-state index contributed by atoms with van der Waals surface area (Å²) in [5, 5.41) is 2.77. The van der Waals surface area contributed by atoms with Crippen molar-refractivity contribution in [2.75, 3.05) is 18.5 Å². The number of alkyl halides is 3. The van der Waals surface area contributed by atoms with Crippen LogP contribution in [-0.2, 0) is 6.18 Å². The van der Waals surface area contributed by atoms with Gasteiger partial charge < -0.3 is 10.1 Å². The fraction of sp³-hybridized carbons (Fsp3) is 0.583. The van der Waals surface area contributed by atoms with Gasteiger partial charge >= 0.3 is 6.18 Å². The van der Waals surface area contributed by atoms with Crippen LogP contribution in [0.5, 0.6) is 5.88 Å². The first-order chi connectivity index (χ1) is 8.49. The molecule has 18 heavy (non-hydrogen) atoms. The molecule has 100 valence electrons. The molecular weight excluding hydrogens is 245 g/mol. The minimum Gasteiger partial charge on any atom is -0.477 e. The first kappa shape index (κ1) is 13.0. The Hall–Kier alpha value is -1.46. The van der Waals surface area contributed by atoms with Crippen molar-refractivity contribution >= 4 is 5.82 Å². The molecule has 0 aromatic carbocycles. The van der Waals surface area contributed by atoms with E-state index in [1.54, 1.807) is 6.92 Å². The van der Waals surface area contributed by atoms with E-state index in [9.17, 15) is 13.2 Å². The maximum absolute atomic E-state index is 12.7. The second-order valence-corrected chi connectivity index (χ2v) is 4.36. The normalized spacial score (nSPS) is 15.6. The minimum atomic E-state index is -4.38. The Morgan fingerprint density at radius 3 is 2.67 bits per heavy atom. The molecule has 0 atom stereocenters. The van der Waals surface area contributed by atoms with Crippen molar-refractivity contribution in [1.82, 2.24) is 4.98 Å². The zero-order valence-corrected chi connectivity index (χ0v) is 10.0. The molecule has 1 aliphatic rings. The van der Waals surface area contributed by atoms with Crippen molar-refractivity contribution in [3.63, 3.8) is 0 Å². The number of aromatic nitrogens is 1. The van der Waals surface area contributed by atoms with Crippen LogP contribution in [0.25, 0.3) is 0 Å². The average Bonchev–Trinajstić information content (AvgIpc) is 3.09. The van der Waals surface area contributed by atoms with Crippen LogP contribution in [0, 0.1) is 5.92 Å². The van der Waals surface area contributed by atoms with Gasteiger partial charge in [0.1, 0.15) is 5.82 Å². The van der Waals surface area contributed by atoms with Crippen LogP contribution in [0.4, 0.5) is 19.0 Å². The Labute approximate surface area is 103 Å². The van der Waals surface area contributed by atoms with E-state index >= 15 is 0 Å². The highest BCUT2D eigenvalue weighted by Crippen LogP contribution is 2.34. The summed E-state index contributed by atoms with van der Waals surface area (Å²) in [5.41, 5.74) is -0.737. The molecule has 1 aliphatic carbocycles. The minimum absolute atomic E-state index is 0.0349. The summed E-state index contributed by atoms with van der Waals surface area (Å²) in [6.07, 6.45) is -2.22. The number of hydrogen-bond donors (Lipinski definition) is 1. The quantitative estimate of drug-likeness (QED) is 0.881. The molecule has 0 saturated heterocycles. The topological polar surface area (TPSA) is 34.1 Å². The van der Waals surface area contributed by atoms with Gasteiger partial charge in [-0.2, -0.15) is 18.2 Å². The molecule has 0 bridgehead atoms. The standard InChI is InChI=1S/C12H15F3N2O/c1-2-16-10-5-9(12(13,14)15)6-11(17-10)18-7-8-3-4-8/h5-6,8H,2-4,7H2,1H3,(H,16,17). The molecule has 2 rings (SSSR count). The lowest BCUT2D eigenvalue weighted by Crippen LogP contribution is -2.10. The van der Waals surface area contributed by atoms with Crippen molar-refractivity contribution in [2.24, 2.45) is 5.92 Å². The zero-order chi connectivity index (χ0) is 13.2. The summed E-state index contributed by atoms with van der Waals surface area (Å²) in [7, 11) is 0. The molecule has 0 unspecified atom stereocenters. The monoisotopic (exact) mass is 260 g/mol. The Morgan fingerprint density at radius 1 is 1.39 bits per heavy atom. The lowest BCUT2D eigenvalue weighted by molar-refractivity contribution is -0.137. The van der Waals surface area contributed by atoms with Crippen LogP contribution >= 0.6 is 0 Å². The molecule has 1 fully saturated rings. The van der Waals surface area contributed by atoms with E-state index in [-0.39, 0.29) is 11.7 Å². The smallest absolute Gasteiger partial charge is 0.416 e. The fourth-order valence-corrected chi connectivity index (χ4v) is 1.50. The Kier molecular flexibility index (Phi) is 3.63. The highest BCUT2D eigenvalue weighted by atomic mass is 19.4. The third kappa shape index (κ3) is 3.51. The van der Waals surface area contributed by atoms with Gasteiger partial charge in [0.25, 0.3) is 0 Å². The van der Waals surface area contributed by atoms with Gasteiger partial charge in [0.15, 0.2) is 0 Å². The molecule has 1 N–H and O–H groups in total. The van der Waals surface area contributed by atoms with Crippen LogP contribution in [0.15, 0.2) is 12.1 Å². The van der Waals surface area contributed by atoms with Gasteiger partial charge in [0.05, 0.1) is 12.2 Å². The number of ether oxygens (including phenoxy) is 1. The number of halogens is 3.